The average molecular weight is 674 g/mol. The first-order valence-electron chi connectivity index (χ1n) is 17.6. The summed E-state index contributed by atoms with van der Waals surface area (Å²) in [7, 11) is 0. The summed E-state index contributed by atoms with van der Waals surface area (Å²) >= 11 is 0. The summed E-state index contributed by atoms with van der Waals surface area (Å²) in [6.07, 6.45) is 16.9. The molecule has 11 nitrogen and oxygen atoms in total. The predicted octanol–water partition coefficient (Wildman–Crippen LogP) is 6.24. The number of rotatable bonds is 25. The van der Waals surface area contributed by atoms with Gasteiger partial charge in [-0.2, -0.15) is 0 Å². The largest absolute Gasteiger partial charge is 0.490 e. The smallest absolute Gasteiger partial charge is 0.337 e. The zero-order valence-corrected chi connectivity index (χ0v) is 28.4. The number of carbonyl (C=O) groups is 5. The van der Waals surface area contributed by atoms with E-state index in [1.165, 1.54) is 18.9 Å². The van der Waals surface area contributed by atoms with Crippen LogP contribution < -0.4 is 10.1 Å². The molecule has 0 bridgehead atoms. The molecular formula is C37H55NO10. The van der Waals surface area contributed by atoms with Crippen molar-refractivity contribution in [2.24, 2.45) is 5.92 Å². The Bertz CT molecular complexity index is 1190. The molecule has 0 spiro atoms. The number of amides is 1. The number of hydrogen-bond donors (Lipinski definition) is 5. The number of allylic oxidation sites excluding steroid dienone is 1. The molecule has 3 unspecified atom stereocenters. The highest BCUT2D eigenvalue weighted by Gasteiger charge is 2.49. The Kier molecular flexibility index (Phi) is 18.5. The van der Waals surface area contributed by atoms with Gasteiger partial charge in [0.1, 0.15) is 17.6 Å². The minimum Gasteiger partial charge on any atom is -0.490 e. The lowest BCUT2D eigenvalue weighted by atomic mass is 9.82. The van der Waals surface area contributed by atoms with Crippen molar-refractivity contribution in [1.29, 1.82) is 0 Å². The van der Waals surface area contributed by atoms with E-state index in [1.54, 1.807) is 24.3 Å². The lowest BCUT2D eigenvalue weighted by Crippen LogP contribution is -2.55. The number of ether oxygens (including phenoxy) is 1. The van der Waals surface area contributed by atoms with Crippen LogP contribution in [-0.4, -0.2) is 67.8 Å². The van der Waals surface area contributed by atoms with Crippen LogP contribution in [0.15, 0.2) is 36.4 Å². The van der Waals surface area contributed by atoms with E-state index in [1.807, 2.05) is 0 Å². The summed E-state index contributed by atoms with van der Waals surface area (Å²) < 4.78 is 6.02. The van der Waals surface area contributed by atoms with Crippen LogP contribution >= 0.6 is 0 Å². The van der Waals surface area contributed by atoms with Crippen LogP contribution in [0.25, 0.3) is 0 Å². The minimum absolute atomic E-state index is 0.132. The summed E-state index contributed by atoms with van der Waals surface area (Å²) in [4.78, 5) is 61.1. The Morgan fingerprint density at radius 1 is 0.875 bits per heavy atom. The summed E-state index contributed by atoms with van der Waals surface area (Å²) in [6.45, 7) is 2.15. The van der Waals surface area contributed by atoms with Crippen LogP contribution in [0.3, 0.4) is 0 Å². The van der Waals surface area contributed by atoms with E-state index in [0.717, 1.165) is 76.7 Å². The summed E-state index contributed by atoms with van der Waals surface area (Å²) in [5.41, 5.74) is -2.43. The van der Waals surface area contributed by atoms with Crippen LogP contribution in [-0.2, 0) is 30.4 Å². The number of carboxylic acids is 3. The first kappa shape index (κ1) is 40.4. The Balaban J connectivity index is 1.97. The number of hydrogen-bond acceptors (Lipinski definition) is 7. The normalized spacial score (nSPS) is 16.1. The monoisotopic (exact) mass is 673 g/mol. The molecule has 268 valence electrons. The van der Waals surface area contributed by atoms with Gasteiger partial charge in [-0.15, -0.1) is 0 Å². The standard InChI is InChI=1S/C37H55NO10/c1-2-3-4-7-11-16-28(39)17-12-8-5-6-9-15-20-31(37(47,36(45)46)26-33(40)41)34(42)38-32(35(43)44)25-27-21-23-30(24-22-27)48-29-18-13-10-14-19-29/h15,20-24,29,31-32,47H,2-14,16-19,25-26H2,1H3,(H,38,42)(H,40,41)(H,43,44)(H,45,46)/b20-15+. The van der Waals surface area contributed by atoms with E-state index in [2.05, 4.69) is 12.2 Å². The molecule has 1 aliphatic rings. The molecule has 48 heavy (non-hydrogen) atoms. The second kappa shape index (κ2) is 22.0. The number of aliphatic carboxylic acids is 3. The highest BCUT2D eigenvalue weighted by molar-refractivity contribution is 5.94. The number of ketones is 1. The van der Waals surface area contributed by atoms with Crippen LogP contribution in [0.2, 0.25) is 0 Å². The summed E-state index contributed by atoms with van der Waals surface area (Å²) in [5, 5.41) is 42.2. The molecule has 1 saturated carbocycles. The van der Waals surface area contributed by atoms with E-state index in [-0.39, 0.29) is 18.3 Å². The fourth-order valence-electron chi connectivity index (χ4n) is 6.01. The number of carboxylic acid groups (broad SMARTS) is 3. The zero-order valence-electron chi connectivity index (χ0n) is 28.4. The van der Waals surface area contributed by atoms with Crippen molar-refractivity contribution in [2.45, 2.75) is 147 Å². The van der Waals surface area contributed by atoms with Crippen LogP contribution in [0.1, 0.15) is 128 Å². The maximum Gasteiger partial charge on any atom is 0.337 e. The highest BCUT2D eigenvalue weighted by atomic mass is 16.5. The Morgan fingerprint density at radius 2 is 1.48 bits per heavy atom. The molecule has 11 heteroatoms. The lowest BCUT2D eigenvalue weighted by molar-refractivity contribution is -0.172. The van der Waals surface area contributed by atoms with Crippen LogP contribution in [0, 0.1) is 5.92 Å². The molecule has 0 radical (unpaired) electrons. The fourth-order valence-corrected chi connectivity index (χ4v) is 6.01. The Hall–Kier alpha value is -3.73. The summed E-state index contributed by atoms with van der Waals surface area (Å²) in [6, 6.07) is 5.39. The maximum atomic E-state index is 13.4. The molecule has 1 aliphatic carbocycles. The highest BCUT2D eigenvalue weighted by Crippen LogP contribution is 2.27. The third-order valence-corrected chi connectivity index (χ3v) is 8.88. The van der Waals surface area contributed by atoms with Crippen molar-refractivity contribution < 1.29 is 49.1 Å². The van der Waals surface area contributed by atoms with Crippen molar-refractivity contribution in [3.8, 4) is 5.75 Å². The molecule has 5 N–H and O–H groups in total. The lowest BCUT2D eigenvalue weighted by Gasteiger charge is -2.29. The zero-order chi connectivity index (χ0) is 35.4. The van der Waals surface area contributed by atoms with Gasteiger partial charge in [0.15, 0.2) is 5.60 Å². The van der Waals surface area contributed by atoms with E-state index in [0.29, 0.717) is 37.0 Å². The van der Waals surface area contributed by atoms with E-state index in [9.17, 15) is 44.4 Å². The molecule has 1 amide bonds. The van der Waals surface area contributed by atoms with Crippen molar-refractivity contribution in [3.63, 3.8) is 0 Å². The van der Waals surface area contributed by atoms with E-state index >= 15 is 0 Å². The van der Waals surface area contributed by atoms with Crippen molar-refractivity contribution in [2.75, 3.05) is 0 Å². The quantitative estimate of drug-likeness (QED) is 0.0587. The van der Waals surface area contributed by atoms with Gasteiger partial charge in [0, 0.05) is 19.3 Å². The van der Waals surface area contributed by atoms with Gasteiger partial charge in [-0.1, -0.05) is 76.2 Å². The van der Waals surface area contributed by atoms with Crippen molar-refractivity contribution in [3.05, 3.63) is 42.0 Å². The molecule has 1 aromatic carbocycles. The van der Waals surface area contributed by atoms with Crippen molar-refractivity contribution >= 4 is 29.6 Å². The number of Topliss-reactive ketones (excluding diaryl/α,β-unsaturated/α-hetero) is 1. The molecule has 1 aromatic rings. The van der Waals surface area contributed by atoms with Crippen LogP contribution in [0.5, 0.6) is 5.75 Å². The van der Waals surface area contributed by atoms with Crippen molar-refractivity contribution in [1.82, 2.24) is 5.32 Å². The second-order valence-electron chi connectivity index (χ2n) is 13.0. The molecule has 1 fully saturated rings. The first-order valence-corrected chi connectivity index (χ1v) is 17.6. The van der Waals surface area contributed by atoms with Gasteiger partial charge in [0.2, 0.25) is 5.91 Å². The second-order valence-corrected chi connectivity index (χ2v) is 13.0. The van der Waals surface area contributed by atoms with Crippen LogP contribution in [0.4, 0.5) is 0 Å². The molecule has 0 saturated heterocycles. The van der Waals surface area contributed by atoms with Gasteiger partial charge >= 0.3 is 17.9 Å². The van der Waals surface area contributed by atoms with Gasteiger partial charge in [0.25, 0.3) is 0 Å². The Morgan fingerprint density at radius 3 is 2.04 bits per heavy atom. The first-order chi connectivity index (χ1) is 23.0. The molecule has 2 rings (SSSR count). The molecular weight excluding hydrogens is 618 g/mol. The molecule has 0 aliphatic heterocycles. The van der Waals surface area contributed by atoms with E-state index in [4.69, 9.17) is 4.74 Å². The average Bonchev–Trinajstić information content (AvgIpc) is 3.04. The third kappa shape index (κ3) is 15.0. The molecule has 0 aromatic heterocycles. The number of nitrogens with one attached hydrogen (secondary N) is 1. The predicted molar refractivity (Wildman–Crippen MR) is 181 cm³/mol. The number of aliphatic hydroxyl groups is 1. The number of carbonyl (C=O) groups excluding carboxylic acids is 2. The molecule has 0 heterocycles. The number of unbranched alkanes of at least 4 members (excludes halogenated alkanes) is 8. The van der Waals surface area contributed by atoms with Gasteiger partial charge in [-0.05, 0) is 69.1 Å². The van der Waals surface area contributed by atoms with Gasteiger partial charge in [0.05, 0.1) is 18.4 Å². The van der Waals surface area contributed by atoms with Gasteiger partial charge < -0.3 is 30.5 Å². The number of benzene rings is 1. The van der Waals surface area contributed by atoms with Gasteiger partial charge in [-0.25, -0.2) is 9.59 Å². The molecule has 3 atom stereocenters. The summed E-state index contributed by atoms with van der Waals surface area (Å²) in [5.74, 6) is -6.97. The van der Waals surface area contributed by atoms with E-state index < -0.39 is 47.8 Å². The SMILES string of the molecule is CCCCCCCC(=O)CCCCCC/C=C/C(C(=O)NC(Cc1ccc(OC2CCCCC2)cc1)C(=O)O)C(O)(CC(=O)O)C(=O)O. The minimum atomic E-state index is -3.01. The Labute approximate surface area is 284 Å². The maximum absolute atomic E-state index is 13.4. The fraction of sp³-hybridized carbons (Fsp3) is 0.649. The van der Waals surface area contributed by atoms with Gasteiger partial charge in [-0.3, -0.25) is 14.4 Å². The third-order valence-electron chi connectivity index (χ3n) is 8.88. The topological polar surface area (TPSA) is 188 Å².